The van der Waals surface area contributed by atoms with E-state index in [0.29, 0.717) is 0 Å². The van der Waals surface area contributed by atoms with Gasteiger partial charge in [-0.2, -0.15) is 0 Å². The van der Waals surface area contributed by atoms with Crippen molar-refractivity contribution >= 4 is 0 Å². The van der Waals surface area contributed by atoms with Gasteiger partial charge in [0.15, 0.2) is 0 Å². The molecule has 0 radical (unpaired) electrons. The molecule has 0 atom stereocenters. The SMILES string of the molecule is C#C/C=C(C)\C=C/C.CC.CCCN.c1ccc(Cc2ccccc2)cc1. The minimum absolute atomic E-state index is 0.819. The molecule has 0 aromatic heterocycles. The van der Waals surface area contributed by atoms with Crippen molar-refractivity contribution in [3.8, 4) is 12.3 Å². The van der Waals surface area contributed by atoms with Crippen LogP contribution in [0.1, 0.15) is 52.2 Å². The van der Waals surface area contributed by atoms with Gasteiger partial charge in [0.25, 0.3) is 0 Å². The second-order valence-corrected chi connectivity index (χ2v) is 5.49. The third kappa shape index (κ3) is 18.0. The maximum atomic E-state index is 5.03. The molecule has 0 aliphatic heterocycles. The van der Waals surface area contributed by atoms with Crippen molar-refractivity contribution in [1.29, 1.82) is 0 Å². The van der Waals surface area contributed by atoms with E-state index in [0.717, 1.165) is 25.0 Å². The van der Waals surface area contributed by atoms with Gasteiger partial charge in [-0.1, -0.05) is 99.5 Å². The highest BCUT2D eigenvalue weighted by Gasteiger charge is 1.92. The zero-order valence-corrected chi connectivity index (χ0v) is 17.8. The first-order valence-corrected chi connectivity index (χ1v) is 9.71. The molecule has 0 saturated carbocycles. The fourth-order valence-electron chi connectivity index (χ4n) is 1.87. The molecule has 0 bridgehead atoms. The van der Waals surface area contributed by atoms with Crippen LogP contribution in [0.3, 0.4) is 0 Å². The molecule has 1 heteroatoms. The van der Waals surface area contributed by atoms with Crippen molar-refractivity contribution in [2.24, 2.45) is 5.73 Å². The number of rotatable bonds is 4. The Balaban J connectivity index is 0. The molecule has 0 amide bonds. The van der Waals surface area contributed by atoms with Crippen LogP contribution in [0.2, 0.25) is 0 Å². The van der Waals surface area contributed by atoms with Gasteiger partial charge in [-0.3, -0.25) is 0 Å². The Morgan fingerprint density at radius 2 is 1.37 bits per heavy atom. The summed E-state index contributed by atoms with van der Waals surface area (Å²) in [6.45, 7) is 10.8. The minimum atomic E-state index is 0.819. The molecule has 146 valence electrons. The topological polar surface area (TPSA) is 26.0 Å². The molecule has 2 aromatic carbocycles. The summed E-state index contributed by atoms with van der Waals surface area (Å²) in [5, 5.41) is 0. The van der Waals surface area contributed by atoms with Gasteiger partial charge in [-0.05, 0) is 56.0 Å². The van der Waals surface area contributed by atoms with Crippen LogP contribution in [0.15, 0.2) is 84.5 Å². The fraction of sp³-hybridized carbons (Fsp3) is 0.308. The predicted octanol–water partition coefficient (Wildman–Crippen LogP) is 6.80. The van der Waals surface area contributed by atoms with Gasteiger partial charge in [0, 0.05) is 0 Å². The van der Waals surface area contributed by atoms with Crippen LogP contribution in [-0.2, 0) is 6.42 Å². The first-order valence-electron chi connectivity index (χ1n) is 9.71. The van der Waals surface area contributed by atoms with Crippen molar-refractivity contribution in [2.45, 2.75) is 47.5 Å². The lowest BCUT2D eigenvalue weighted by Gasteiger charge is -2.00. The zero-order chi connectivity index (χ0) is 20.8. The maximum Gasteiger partial charge on any atom is -0.00258 e. The molecule has 0 aliphatic carbocycles. The van der Waals surface area contributed by atoms with Gasteiger partial charge >= 0.3 is 0 Å². The summed E-state index contributed by atoms with van der Waals surface area (Å²) >= 11 is 0. The standard InChI is InChI=1S/C13H12.C8H10.C3H9N.C2H6/c1-3-7-12(8-4-1)11-13-9-5-2-6-10-13;1-4-6-8(3)7-5-2;1-2-3-4;1-2/h1-10H,11H2;1,5-7H,2-3H3;2-4H2,1H3;1-2H3/b;7-5-,8-6-;;. The van der Waals surface area contributed by atoms with Crippen molar-refractivity contribution in [2.75, 3.05) is 6.54 Å². The highest BCUT2D eigenvalue weighted by molar-refractivity contribution is 5.25. The van der Waals surface area contributed by atoms with E-state index in [2.05, 4.69) is 73.5 Å². The Bertz CT molecular complexity index is 591. The smallest absolute Gasteiger partial charge is 0.00258 e. The summed E-state index contributed by atoms with van der Waals surface area (Å²) in [7, 11) is 0. The van der Waals surface area contributed by atoms with Crippen LogP contribution in [0.4, 0.5) is 0 Å². The molecule has 0 unspecified atom stereocenters. The summed E-state index contributed by atoms with van der Waals surface area (Å²) in [6, 6.07) is 21.1. The Morgan fingerprint density at radius 3 is 1.67 bits per heavy atom. The zero-order valence-electron chi connectivity index (χ0n) is 17.8. The quantitative estimate of drug-likeness (QED) is 0.469. The Kier molecular flexibility index (Phi) is 21.2. The summed E-state index contributed by atoms with van der Waals surface area (Å²) < 4.78 is 0. The summed E-state index contributed by atoms with van der Waals surface area (Å²) in [5.74, 6) is 2.44. The molecular weight excluding hydrogens is 326 g/mol. The van der Waals surface area contributed by atoms with E-state index in [1.807, 2.05) is 39.8 Å². The van der Waals surface area contributed by atoms with Crippen molar-refractivity contribution in [3.05, 3.63) is 95.6 Å². The van der Waals surface area contributed by atoms with Crippen molar-refractivity contribution in [3.63, 3.8) is 0 Å². The molecule has 27 heavy (non-hydrogen) atoms. The first-order chi connectivity index (χ1) is 13.2. The van der Waals surface area contributed by atoms with Crippen LogP contribution in [-0.4, -0.2) is 6.54 Å². The average molecular weight is 364 g/mol. The summed E-state index contributed by atoms with van der Waals surface area (Å²) in [6.07, 6.45) is 12.8. The Morgan fingerprint density at radius 1 is 0.963 bits per heavy atom. The van der Waals surface area contributed by atoms with Crippen LogP contribution in [0, 0.1) is 12.3 Å². The molecular formula is C26H37N. The van der Waals surface area contributed by atoms with Crippen molar-refractivity contribution < 1.29 is 0 Å². The molecule has 2 rings (SSSR count). The average Bonchev–Trinajstić information content (AvgIpc) is 2.72. The molecule has 0 spiro atoms. The maximum absolute atomic E-state index is 5.03. The van der Waals surface area contributed by atoms with Gasteiger partial charge < -0.3 is 5.73 Å². The van der Waals surface area contributed by atoms with Crippen LogP contribution < -0.4 is 5.73 Å². The minimum Gasteiger partial charge on any atom is -0.330 e. The largest absolute Gasteiger partial charge is 0.330 e. The highest BCUT2D eigenvalue weighted by atomic mass is 14.5. The van der Waals surface area contributed by atoms with Crippen LogP contribution in [0.5, 0.6) is 0 Å². The third-order valence-corrected chi connectivity index (χ3v) is 3.12. The molecule has 0 aliphatic rings. The number of hydrogen-bond acceptors (Lipinski definition) is 1. The number of nitrogens with two attached hydrogens (primary N) is 1. The molecule has 2 N–H and O–H groups in total. The van der Waals surface area contributed by atoms with Crippen molar-refractivity contribution in [1.82, 2.24) is 0 Å². The van der Waals surface area contributed by atoms with Crippen LogP contribution in [0.25, 0.3) is 0 Å². The fourth-order valence-corrected chi connectivity index (χ4v) is 1.87. The lowest BCUT2D eigenvalue weighted by Crippen LogP contribution is -1.93. The lowest BCUT2D eigenvalue weighted by atomic mass is 10.1. The van der Waals surface area contributed by atoms with E-state index in [9.17, 15) is 0 Å². The molecule has 0 fully saturated rings. The van der Waals surface area contributed by atoms with E-state index in [4.69, 9.17) is 12.2 Å². The number of terminal acetylenes is 1. The molecule has 1 nitrogen and oxygen atoms in total. The monoisotopic (exact) mass is 363 g/mol. The summed E-state index contributed by atoms with van der Waals surface area (Å²) in [5.41, 5.74) is 8.89. The van der Waals surface area contributed by atoms with Gasteiger partial charge in [-0.25, -0.2) is 0 Å². The second kappa shape index (κ2) is 21.5. The van der Waals surface area contributed by atoms with E-state index in [-0.39, 0.29) is 0 Å². The van der Waals surface area contributed by atoms with E-state index < -0.39 is 0 Å². The second-order valence-electron chi connectivity index (χ2n) is 5.49. The van der Waals surface area contributed by atoms with Gasteiger partial charge in [0.2, 0.25) is 0 Å². The third-order valence-electron chi connectivity index (χ3n) is 3.12. The molecule has 0 heterocycles. The van der Waals surface area contributed by atoms with Crippen LogP contribution >= 0.6 is 0 Å². The normalized spacial score (nSPS) is 9.59. The van der Waals surface area contributed by atoms with Gasteiger partial charge in [0.1, 0.15) is 0 Å². The van der Waals surface area contributed by atoms with E-state index in [1.165, 1.54) is 11.1 Å². The predicted molar refractivity (Wildman–Crippen MR) is 124 cm³/mol. The lowest BCUT2D eigenvalue weighted by molar-refractivity contribution is 0.932. The van der Waals surface area contributed by atoms with E-state index >= 15 is 0 Å². The number of allylic oxidation sites excluding steroid dienone is 4. The molecule has 0 saturated heterocycles. The number of benzene rings is 2. The van der Waals surface area contributed by atoms with Gasteiger partial charge in [0.05, 0.1) is 0 Å². The Hall–Kier alpha value is -2.56. The highest BCUT2D eigenvalue weighted by Crippen LogP contribution is 2.07. The number of hydrogen-bond donors (Lipinski definition) is 1. The van der Waals surface area contributed by atoms with Gasteiger partial charge in [-0.15, -0.1) is 6.42 Å². The summed E-state index contributed by atoms with van der Waals surface area (Å²) in [4.78, 5) is 0. The van der Waals surface area contributed by atoms with E-state index in [1.54, 1.807) is 6.08 Å². The molecule has 2 aromatic rings. The Labute approximate surface area is 168 Å². The first kappa shape index (κ1) is 26.7.